The van der Waals surface area contributed by atoms with Crippen molar-refractivity contribution in [2.45, 2.75) is 19.4 Å². The third-order valence-electron chi connectivity index (χ3n) is 2.81. The lowest BCUT2D eigenvalue weighted by molar-refractivity contribution is 0.273. The van der Waals surface area contributed by atoms with Gasteiger partial charge in [-0.1, -0.05) is 30.3 Å². The van der Waals surface area contributed by atoms with Gasteiger partial charge < -0.3 is 10.4 Å². The largest absolute Gasteiger partial charge is 0.394 e. The third-order valence-corrected chi connectivity index (χ3v) is 2.81. The molecule has 0 spiro atoms. The second kappa shape index (κ2) is 6.17. The molecule has 2 aromatic rings. The Balaban J connectivity index is 2.01. The standard InChI is InChI=1S/C15H18N2O/c1-12-7-8-16-15(9-12)17-14(11-18)10-13-5-3-2-4-6-13/h2-9,14,18H,10-11H2,1H3,(H,16,17). The lowest BCUT2D eigenvalue weighted by Crippen LogP contribution is -2.26. The molecule has 0 fully saturated rings. The predicted octanol–water partition coefficient (Wildman–Crippen LogP) is 2.41. The molecule has 0 aliphatic carbocycles. The molecule has 1 unspecified atom stereocenters. The Morgan fingerprint density at radius 1 is 1.22 bits per heavy atom. The van der Waals surface area contributed by atoms with Crippen LogP contribution in [0.5, 0.6) is 0 Å². The van der Waals surface area contributed by atoms with Gasteiger partial charge in [0.25, 0.3) is 0 Å². The Hall–Kier alpha value is -1.87. The molecular weight excluding hydrogens is 224 g/mol. The Kier molecular flexibility index (Phi) is 4.31. The van der Waals surface area contributed by atoms with E-state index >= 15 is 0 Å². The van der Waals surface area contributed by atoms with Gasteiger partial charge in [-0.2, -0.15) is 0 Å². The summed E-state index contributed by atoms with van der Waals surface area (Å²) in [4.78, 5) is 4.25. The summed E-state index contributed by atoms with van der Waals surface area (Å²) in [5.41, 5.74) is 2.36. The highest BCUT2D eigenvalue weighted by Gasteiger charge is 2.08. The van der Waals surface area contributed by atoms with Crippen LogP contribution in [0.15, 0.2) is 48.7 Å². The summed E-state index contributed by atoms with van der Waals surface area (Å²) in [6, 6.07) is 14.1. The molecule has 18 heavy (non-hydrogen) atoms. The number of hydrogen-bond donors (Lipinski definition) is 2. The van der Waals surface area contributed by atoms with Crippen molar-refractivity contribution in [2.75, 3.05) is 11.9 Å². The van der Waals surface area contributed by atoms with Crippen molar-refractivity contribution in [3.05, 3.63) is 59.8 Å². The lowest BCUT2D eigenvalue weighted by Gasteiger charge is -2.17. The first kappa shape index (κ1) is 12.6. The molecule has 0 bridgehead atoms. The number of aryl methyl sites for hydroxylation is 1. The molecule has 0 aliphatic heterocycles. The highest BCUT2D eigenvalue weighted by Crippen LogP contribution is 2.10. The fourth-order valence-electron chi connectivity index (χ4n) is 1.88. The smallest absolute Gasteiger partial charge is 0.126 e. The van der Waals surface area contributed by atoms with Gasteiger partial charge in [-0.15, -0.1) is 0 Å². The van der Waals surface area contributed by atoms with Crippen molar-refractivity contribution in [3.8, 4) is 0 Å². The van der Waals surface area contributed by atoms with Gasteiger partial charge in [0.05, 0.1) is 12.6 Å². The van der Waals surface area contributed by atoms with Crippen LogP contribution in [0.25, 0.3) is 0 Å². The van der Waals surface area contributed by atoms with Gasteiger partial charge in [-0.25, -0.2) is 4.98 Å². The Bertz CT molecular complexity index is 485. The molecular formula is C15H18N2O. The number of aromatic nitrogens is 1. The monoisotopic (exact) mass is 242 g/mol. The molecule has 0 amide bonds. The maximum Gasteiger partial charge on any atom is 0.126 e. The number of anilines is 1. The maximum absolute atomic E-state index is 9.43. The summed E-state index contributed by atoms with van der Waals surface area (Å²) in [6.45, 7) is 2.11. The number of nitrogens with one attached hydrogen (secondary N) is 1. The van der Waals surface area contributed by atoms with Gasteiger partial charge in [-0.3, -0.25) is 0 Å². The van der Waals surface area contributed by atoms with Crippen LogP contribution >= 0.6 is 0 Å². The van der Waals surface area contributed by atoms with Gasteiger partial charge in [0.2, 0.25) is 0 Å². The molecule has 3 nitrogen and oxygen atoms in total. The zero-order valence-electron chi connectivity index (χ0n) is 10.5. The Morgan fingerprint density at radius 2 is 2.00 bits per heavy atom. The van der Waals surface area contributed by atoms with Gasteiger partial charge in [-0.05, 0) is 36.6 Å². The van der Waals surface area contributed by atoms with Crippen LogP contribution in [0, 0.1) is 6.92 Å². The van der Waals surface area contributed by atoms with E-state index in [1.165, 1.54) is 5.56 Å². The molecule has 1 heterocycles. The Labute approximate surface area is 108 Å². The van der Waals surface area contributed by atoms with Crippen LogP contribution in [0.3, 0.4) is 0 Å². The number of hydrogen-bond acceptors (Lipinski definition) is 3. The molecule has 2 N–H and O–H groups in total. The first-order valence-electron chi connectivity index (χ1n) is 6.12. The van der Waals surface area contributed by atoms with E-state index in [1.807, 2.05) is 37.3 Å². The molecule has 1 aromatic carbocycles. The minimum atomic E-state index is -0.0123. The van der Waals surface area contributed by atoms with Crippen LogP contribution in [0.1, 0.15) is 11.1 Å². The maximum atomic E-state index is 9.43. The quantitative estimate of drug-likeness (QED) is 0.846. The van der Waals surface area contributed by atoms with E-state index in [2.05, 4.69) is 22.4 Å². The molecule has 2 rings (SSSR count). The van der Waals surface area contributed by atoms with Crippen LogP contribution in [-0.4, -0.2) is 22.7 Å². The molecule has 3 heteroatoms. The predicted molar refractivity (Wildman–Crippen MR) is 73.6 cm³/mol. The van der Waals surface area contributed by atoms with E-state index in [-0.39, 0.29) is 12.6 Å². The first-order chi connectivity index (χ1) is 8.78. The van der Waals surface area contributed by atoms with Crippen LogP contribution in [-0.2, 0) is 6.42 Å². The Morgan fingerprint density at radius 3 is 2.67 bits per heavy atom. The average Bonchev–Trinajstić information content (AvgIpc) is 2.39. The third kappa shape index (κ3) is 3.57. The van der Waals surface area contributed by atoms with Crippen LogP contribution in [0.4, 0.5) is 5.82 Å². The summed E-state index contributed by atoms with van der Waals surface area (Å²) < 4.78 is 0. The molecule has 0 saturated carbocycles. The summed E-state index contributed by atoms with van der Waals surface area (Å²) >= 11 is 0. The van der Waals surface area contributed by atoms with Gasteiger partial charge in [0.15, 0.2) is 0 Å². The van der Waals surface area contributed by atoms with E-state index in [4.69, 9.17) is 0 Å². The number of rotatable bonds is 5. The van der Waals surface area contributed by atoms with Gasteiger partial charge in [0, 0.05) is 6.20 Å². The molecule has 94 valence electrons. The van der Waals surface area contributed by atoms with E-state index in [0.717, 1.165) is 17.8 Å². The first-order valence-corrected chi connectivity index (χ1v) is 6.12. The summed E-state index contributed by atoms with van der Waals surface area (Å²) in [5.74, 6) is 0.810. The molecule has 1 aromatic heterocycles. The SMILES string of the molecule is Cc1ccnc(NC(CO)Cc2ccccc2)c1. The summed E-state index contributed by atoms with van der Waals surface area (Å²) in [5, 5.41) is 12.7. The molecule has 0 radical (unpaired) electrons. The van der Waals surface area contributed by atoms with Gasteiger partial charge in [0.1, 0.15) is 5.82 Å². The lowest BCUT2D eigenvalue weighted by atomic mass is 10.1. The minimum Gasteiger partial charge on any atom is -0.394 e. The topological polar surface area (TPSA) is 45.2 Å². The second-order valence-corrected chi connectivity index (χ2v) is 4.43. The molecule has 0 aliphatic rings. The second-order valence-electron chi connectivity index (χ2n) is 4.43. The summed E-state index contributed by atoms with van der Waals surface area (Å²) in [6.07, 6.45) is 2.56. The fraction of sp³-hybridized carbons (Fsp3) is 0.267. The van der Waals surface area contributed by atoms with E-state index in [9.17, 15) is 5.11 Å². The highest BCUT2D eigenvalue weighted by molar-refractivity contribution is 5.38. The number of nitrogens with zero attached hydrogens (tertiary/aromatic N) is 1. The number of aliphatic hydroxyl groups excluding tert-OH is 1. The van der Waals surface area contributed by atoms with Gasteiger partial charge >= 0.3 is 0 Å². The van der Waals surface area contributed by atoms with E-state index in [0.29, 0.717) is 0 Å². The fourth-order valence-corrected chi connectivity index (χ4v) is 1.88. The van der Waals surface area contributed by atoms with Crippen molar-refractivity contribution in [3.63, 3.8) is 0 Å². The highest BCUT2D eigenvalue weighted by atomic mass is 16.3. The van der Waals surface area contributed by atoms with Crippen molar-refractivity contribution in [2.24, 2.45) is 0 Å². The van der Waals surface area contributed by atoms with Crippen LogP contribution < -0.4 is 5.32 Å². The molecule has 1 atom stereocenters. The number of aliphatic hydroxyl groups is 1. The number of pyridine rings is 1. The number of benzene rings is 1. The minimum absolute atomic E-state index is 0.0123. The average molecular weight is 242 g/mol. The van der Waals surface area contributed by atoms with E-state index in [1.54, 1.807) is 6.20 Å². The normalized spacial score (nSPS) is 12.1. The zero-order valence-corrected chi connectivity index (χ0v) is 10.5. The van der Waals surface area contributed by atoms with Crippen molar-refractivity contribution < 1.29 is 5.11 Å². The van der Waals surface area contributed by atoms with E-state index < -0.39 is 0 Å². The zero-order chi connectivity index (χ0) is 12.8. The van der Waals surface area contributed by atoms with Crippen LogP contribution in [0.2, 0.25) is 0 Å². The van der Waals surface area contributed by atoms with Crippen molar-refractivity contribution in [1.29, 1.82) is 0 Å². The summed E-state index contributed by atoms with van der Waals surface area (Å²) in [7, 11) is 0. The molecule has 0 saturated heterocycles. The van der Waals surface area contributed by atoms with Crippen molar-refractivity contribution >= 4 is 5.82 Å². The van der Waals surface area contributed by atoms with Crippen molar-refractivity contribution in [1.82, 2.24) is 4.98 Å².